The Morgan fingerprint density at radius 1 is 1.09 bits per heavy atom. The van der Waals surface area contributed by atoms with Gasteiger partial charge in [0.1, 0.15) is 12.4 Å². The number of halogens is 3. The van der Waals surface area contributed by atoms with Gasteiger partial charge in [-0.25, -0.2) is 13.5 Å². The topological polar surface area (TPSA) is 87.5 Å². The molecule has 0 amide bonds. The number of fused-ring (bicyclic) bond motifs is 1. The highest BCUT2D eigenvalue weighted by Gasteiger charge is 2.14. The van der Waals surface area contributed by atoms with Gasteiger partial charge in [-0.1, -0.05) is 35.9 Å². The maximum Gasteiger partial charge on any atom is 0.274 e. The molecule has 166 valence electrons. The van der Waals surface area contributed by atoms with Gasteiger partial charge in [0.25, 0.3) is 5.56 Å². The largest absolute Gasteiger partial charge is 0.489 e. The summed E-state index contributed by atoms with van der Waals surface area (Å²) in [5.74, 6) is -1.46. The van der Waals surface area contributed by atoms with Gasteiger partial charge in [-0.05, 0) is 35.9 Å². The van der Waals surface area contributed by atoms with Crippen LogP contribution in [-0.4, -0.2) is 32.7 Å². The Labute approximate surface area is 186 Å². The van der Waals surface area contributed by atoms with Crippen LogP contribution in [0.25, 0.3) is 22.0 Å². The molecule has 0 spiro atoms. The van der Waals surface area contributed by atoms with Crippen LogP contribution in [0.15, 0.2) is 59.4 Å². The first kappa shape index (κ1) is 22.0. The molecule has 0 aliphatic heterocycles. The number of aromatic nitrogens is 2. The second-order valence-corrected chi connectivity index (χ2v) is 7.67. The van der Waals surface area contributed by atoms with Crippen LogP contribution in [-0.2, 0) is 13.2 Å². The average Bonchev–Trinajstić information content (AvgIpc) is 3.11. The Hall–Kier alpha value is -3.20. The SMILES string of the molecule is O=c1c2cccc(COc3ccc(-c4cc(F)c(F)cc4Cl)cc3)c2[nH]n1CC(O)CO. The van der Waals surface area contributed by atoms with Crippen molar-refractivity contribution in [2.45, 2.75) is 19.3 Å². The molecular weight excluding hydrogens is 442 g/mol. The van der Waals surface area contributed by atoms with Crippen LogP contribution in [0.4, 0.5) is 8.78 Å². The number of hydrogen-bond donors (Lipinski definition) is 3. The molecule has 9 heteroatoms. The van der Waals surface area contributed by atoms with E-state index in [2.05, 4.69) is 5.10 Å². The molecule has 32 heavy (non-hydrogen) atoms. The molecule has 0 bridgehead atoms. The molecule has 0 saturated heterocycles. The van der Waals surface area contributed by atoms with E-state index >= 15 is 0 Å². The predicted octanol–water partition coefficient (Wildman–Crippen LogP) is 3.86. The van der Waals surface area contributed by atoms with E-state index < -0.39 is 24.3 Å². The van der Waals surface area contributed by atoms with Crippen LogP contribution in [0, 0.1) is 11.6 Å². The molecule has 6 nitrogen and oxygen atoms in total. The monoisotopic (exact) mass is 460 g/mol. The van der Waals surface area contributed by atoms with E-state index in [0.717, 1.165) is 17.7 Å². The minimum absolute atomic E-state index is 0.0572. The molecule has 1 atom stereocenters. The van der Waals surface area contributed by atoms with Crippen molar-refractivity contribution < 1.29 is 23.7 Å². The molecule has 0 aliphatic carbocycles. The van der Waals surface area contributed by atoms with Crippen LogP contribution in [0.3, 0.4) is 0 Å². The number of ether oxygens (including phenoxy) is 1. The Morgan fingerprint density at radius 2 is 1.81 bits per heavy atom. The summed E-state index contributed by atoms with van der Waals surface area (Å²) in [6.07, 6.45) is -1.05. The molecular formula is C23H19ClF2N2O4. The van der Waals surface area contributed by atoms with Crippen molar-refractivity contribution >= 4 is 22.5 Å². The first-order valence-electron chi connectivity index (χ1n) is 9.74. The average molecular weight is 461 g/mol. The lowest BCUT2D eigenvalue weighted by atomic mass is 10.1. The minimum Gasteiger partial charge on any atom is -0.489 e. The lowest BCUT2D eigenvalue weighted by Crippen LogP contribution is -2.27. The van der Waals surface area contributed by atoms with Crippen LogP contribution in [0.2, 0.25) is 5.02 Å². The van der Waals surface area contributed by atoms with Gasteiger partial charge in [-0.3, -0.25) is 9.89 Å². The van der Waals surface area contributed by atoms with Crippen LogP contribution < -0.4 is 10.3 Å². The van der Waals surface area contributed by atoms with E-state index in [4.69, 9.17) is 21.4 Å². The highest BCUT2D eigenvalue weighted by Crippen LogP contribution is 2.31. The van der Waals surface area contributed by atoms with Crippen molar-refractivity contribution in [1.29, 1.82) is 0 Å². The van der Waals surface area contributed by atoms with Gasteiger partial charge in [0.2, 0.25) is 0 Å². The normalized spacial score (nSPS) is 12.3. The van der Waals surface area contributed by atoms with Crippen molar-refractivity contribution in [3.05, 3.63) is 87.2 Å². The third kappa shape index (κ3) is 4.38. The Kier molecular flexibility index (Phi) is 6.27. The maximum absolute atomic E-state index is 13.6. The predicted molar refractivity (Wildman–Crippen MR) is 117 cm³/mol. The van der Waals surface area contributed by atoms with E-state index in [1.54, 1.807) is 42.5 Å². The van der Waals surface area contributed by atoms with Crippen LogP contribution in [0.1, 0.15) is 5.56 Å². The summed E-state index contributed by atoms with van der Waals surface area (Å²) in [7, 11) is 0. The smallest absolute Gasteiger partial charge is 0.274 e. The summed E-state index contributed by atoms with van der Waals surface area (Å²) < 4.78 is 33.9. The zero-order valence-electron chi connectivity index (χ0n) is 16.7. The van der Waals surface area contributed by atoms with Gasteiger partial charge in [0, 0.05) is 11.1 Å². The number of nitrogens with one attached hydrogen (secondary N) is 1. The summed E-state index contributed by atoms with van der Waals surface area (Å²) in [5.41, 5.74) is 1.97. The zero-order chi connectivity index (χ0) is 22.8. The fraction of sp³-hybridized carbons (Fsp3) is 0.174. The van der Waals surface area contributed by atoms with E-state index in [1.165, 1.54) is 4.68 Å². The first-order valence-corrected chi connectivity index (χ1v) is 10.1. The van der Waals surface area contributed by atoms with Crippen molar-refractivity contribution in [3.63, 3.8) is 0 Å². The second-order valence-electron chi connectivity index (χ2n) is 7.26. The molecule has 1 aromatic heterocycles. The van der Waals surface area contributed by atoms with Gasteiger partial charge in [-0.2, -0.15) is 0 Å². The van der Waals surface area contributed by atoms with Gasteiger partial charge in [0.05, 0.1) is 35.2 Å². The Bertz CT molecular complexity index is 1320. The lowest BCUT2D eigenvalue weighted by molar-refractivity contribution is 0.0776. The highest BCUT2D eigenvalue weighted by molar-refractivity contribution is 6.33. The van der Waals surface area contributed by atoms with E-state index in [1.807, 2.05) is 0 Å². The molecule has 3 N–H and O–H groups in total. The van der Waals surface area contributed by atoms with Gasteiger partial charge >= 0.3 is 0 Å². The number of aliphatic hydroxyl groups is 2. The number of aromatic amines is 1. The number of rotatable bonds is 7. The Morgan fingerprint density at radius 3 is 2.53 bits per heavy atom. The number of para-hydroxylation sites is 1. The van der Waals surface area contributed by atoms with Gasteiger partial charge in [-0.15, -0.1) is 0 Å². The van der Waals surface area contributed by atoms with Crippen molar-refractivity contribution in [2.75, 3.05) is 6.61 Å². The fourth-order valence-corrected chi connectivity index (χ4v) is 3.65. The van der Waals surface area contributed by atoms with Crippen molar-refractivity contribution in [3.8, 4) is 16.9 Å². The van der Waals surface area contributed by atoms with Crippen LogP contribution in [0.5, 0.6) is 5.75 Å². The number of H-pyrrole nitrogens is 1. The summed E-state index contributed by atoms with van der Waals surface area (Å²) >= 11 is 6.03. The Balaban J connectivity index is 1.53. The van der Waals surface area contributed by atoms with Crippen molar-refractivity contribution in [2.24, 2.45) is 0 Å². The molecule has 1 unspecified atom stereocenters. The molecule has 0 radical (unpaired) electrons. The lowest BCUT2D eigenvalue weighted by Gasteiger charge is -2.10. The number of hydrogen-bond acceptors (Lipinski definition) is 4. The third-order valence-corrected chi connectivity index (χ3v) is 5.36. The van der Waals surface area contributed by atoms with Crippen LogP contribution >= 0.6 is 11.6 Å². The molecule has 4 aromatic rings. The van der Waals surface area contributed by atoms with E-state index in [0.29, 0.717) is 27.8 Å². The standard InChI is InChI=1S/C23H19ClF2N2O4/c24-19-9-21(26)20(25)8-18(19)13-4-6-16(7-5-13)32-12-14-2-1-3-17-22(14)27-28(23(17)31)10-15(30)11-29/h1-9,15,27,29-30H,10-12H2. The number of aliphatic hydroxyl groups excluding tert-OH is 2. The van der Waals surface area contributed by atoms with E-state index in [-0.39, 0.29) is 23.7 Å². The van der Waals surface area contributed by atoms with E-state index in [9.17, 15) is 18.7 Å². The van der Waals surface area contributed by atoms with Gasteiger partial charge < -0.3 is 14.9 Å². The molecule has 0 fully saturated rings. The first-order chi connectivity index (χ1) is 15.4. The fourth-order valence-electron chi connectivity index (χ4n) is 3.39. The number of nitrogens with zero attached hydrogens (tertiary/aromatic N) is 1. The summed E-state index contributed by atoms with van der Waals surface area (Å²) in [6.45, 7) is -0.354. The molecule has 1 heterocycles. The molecule has 0 saturated carbocycles. The molecule has 3 aromatic carbocycles. The zero-order valence-corrected chi connectivity index (χ0v) is 17.4. The summed E-state index contributed by atoms with van der Waals surface area (Å²) in [4.78, 5) is 12.5. The third-order valence-electron chi connectivity index (χ3n) is 5.05. The maximum atomic E-state index is 13.6. The number of benzene rings is 3. The summed E-state index contributed by atoms with van der Waals surface area (Å²) in [5, 5.41) is 22.1. The second kappa shape index (κ2) is 9.12. The molecule has 0 aliphatic rings. The van der Waals surface area contributed by atoms with Crippen molar-refractivity contribution in [1.82, 2.24) is 9.78 Å². The highest BCUT2D eigenvalue weighted by atomic mass is 35.5. The molecule has 4 rings (SSSR count). The van der Waals surface area contributed by atoms with Gasteiger partial charge in [0.15, 0.2) is 11.6 Å². The quantitative estimate of drug-likeness (QED) is 0.365. The summed E-state index contributed by atoms with van der Waals surface area (Å²) in [6, 6.07) is 13.9. The minimum atomic E-state index is -1.05.